The lowest BCUT2D eigenvalue weighted by atomic mass is 9.76. The summed E-state index contributed by atoms with van der Waals surface area (Å²) < 4.78 is 0. The molecule has 2 unspecified atom stereocenters. The molecule has 2 aliphatic rings. The van der Waals surface area contributed by atoms with E-state index in [2.05, 4.69) is 12.2 Å². The predicted octanol–water partition coefficient (Wildman–Crippen LogP) is 2.71. The van der Waals surface area contributed by atoms with E-state index in [1.165, 1.54) is 51.4 Å². The van der Waals surface area contributed by atoms with Crippen LogP contribution in [0.1, 0.15) is 58.3 Å². The zero-order chi connectivity index (χ0) is 11.4. The SMILES string of the molecule is CCC1CCC(C(O)C2CCCCN2)CC1. The second-order valence-electron chi connectivity index (χ2n) is 5.74. The Kier molecular flexibility index (Phi) is 4.66. The first-order valence-corrected chi connectivity index (χ1v) is 7.22. The van der Waals surface area contributed by atoms with Crippen molar-refractivity contribution in [3.05, 3.63) is 0 Å². The van der Waals surface area contributed by atoms with Crippen molar-refractivity contribution in [2.45, 2.75) is 70.4 Å². The highest BCUT2D eigenvalue weighted by Crippen LogP contribution is 2.34. The summed E-state index contributed by atoms with van der Waals surface area (Å²) in [5.74, 6) is 1.50. The predicted molar refractivity (Wildman–Crippen MR) is 67.4 cm³/mol. The third-order valence-corrected chi connectivity index (χ3v) is 4.71. The van der Waals surface area contributed by atoms with E-state index < -0.39 is 0 Å². The van der Waals surface area contributed by atoms with Crippen molar-refractivity contribution in [3.63, 3.8) is 0 Å². The van der Waals surface area contributed by atoms with E-state index in [0.29, 0.717) is 12.0 Å². The standard InChI is InChI=1S/C14H27NO/c1-2-11-6-8-12(9-7-11)14(16)13-5-3-4-10-15-13/h11-16H,2-10H2,1H3. The molecule has 2 atom stereocenters. The van der Waals surface area contributed by atoms with Gasteiger partial charge >= 0.3 is 0 Å². The van der Waals surface area contributed by atoms with Crippen molar-refractivity contribution in [2.75, 3.05) is 6.54 Å². The maximum absolute atomic E-state index is 10.4. The molecule has 2 heteroatoms. The van der Waals surface area contributed by atoms with Gasteiger partial charge in [-0.1, -0.05) is 32.6 Å². The lowest BCUT2D eigenvalue weighted by molar-refractivity contribution is 0.0336. The Morgan fingerprint density at radius 2 is 1.88 bits per heavy atom. The van der Waals surface area contributed by atoms with Gasteiger partial charge in [-0.3, -0.25) is 0 Å². The Labute approximate surface area is 99.8 Å². The molecule has 0 aromatic rings. The lowest BCUT2D eigenvalue weighted by Crippen LogP contribution is -2.47. The number of hydrogen-bond donors (Lipinski definition) is 2. The fourth-order valence-electron chi connectivity index (χ4n) is 3.44. The van der Waals surface area contributed by atoms with Crippen molar-refractivity contribution in [2.24, 2.45) is 11.8 Å². The molecule has 0 aromatic carbocycles. The summed E-state index contributed by atoms with van der Waals surface area (Å²) in [5.41, 5.74) is 0. The molecule has 0 radical (unpaired) electrons. The first-order chi connectivity index (χ1) is 7.81. The summed E-state index contributed by atoms with van der Waals surface area (Å²) in [6.07, 6.45) is 10.2. The van der Waals surface area contributed by atoms with E-state index in [0.717, 1.165) is 12.5 Å². The maximum Gasteiger partial charge on any atom is 0.0721 e. The highest BCUT2D eigenvalue weighted by Gasteiger charge is 2.31. The average molecular weight is 225 g/mol. The molecule has 1 saturated heterocycles. The van der Waals surface area contributed by atoms with E-state index in [1.54, 1.807) is 0 Å². The molecule has 16 heavy (non-hydrogen) atoms. The van der Waals surface area contributed by atoms with Gasteiger partial charge in [-0.25, -0.2) is 0 Å². The first kappa shape index (κ1) is 12.4. The smallest absolute Gasteiger partial charge is 0.0721 e. The number of piperidine rings is 1. The molecular formula is C14H27NO. The quantitative estimate of drug-likeness (QED) is 0.774. The Hall–Kier alpha value is -0.0800. The average Bonchev–Trinajstić information content (AvgIpc) is 2.39. The zero-order valence-electron chi connectivity index (χ0n) is 10.6. The maximum atomic E-state index is 10.4. The van der Waals surface area contributed by atoms with Crippen molar-refractivity contribution < 1.29 is 5.11 Å². The highest BCUT2D eigenvalue weighted by molar-refractivity contribution is 4.86. The Morgan fingerprint density at radius 3 is 2.44 bits per heavy atom. The second-order valence-corrected chi connectivity index (χ2v) is 5.74. The number of hydrogen-bond acceptors (Lipinski definition) is 2. The zero-order valence-corrected chi connectivity index (χ0v) is 10.6. The van der Waals surface area contributed by atoms with Gasteiger partial charge in [0.2, 0.25) is 0 Å². The molecule has 2 fully saturated rings. The summed E-state index contributed by atoms with van der Waals surface area (Å²) in [6, 6.07) is 0.386. The van der Waals surface area contributed by atoms with Crippen LogP contribution < -0.4 is 5.32 Å². The molecular weight excluding hydrogens is 198 g/mol. The molecule has 0 amide bonds. The minimum absolute atomic E-state index is 0.0851. The molecule has 1 aliphatic carbocycles. The van der Waals surface area contributed by atoms with Crippen LogP contribution in [0.4, 0.5) is 0 Å². The van der Waals surface area contributed by atoms with Crippen LogP contribution in [0.5, 0.6) is 0 Å². The van der Waals surface area contributed by atoms with Crippen LogP contribution in [0.25, 0.3) is 0 Å². The molecule has 1 saturated carbocycles. The molecule has 1 heterocycles. The van der Waals surface area contributed by atoms with E-state index in [9.17, 15) is 5.11 Å². The minimum Gasteiger partial charge on any atom is -0.391 e. The van der Waals surface area contributed by atoms with Crippen LogP contribution in [0, 0.1) is 11.8 Å². The minimum atomic E-state index is -0.0851. The number of rotatable bonds is 3. The topological polar surface area (TPSA) is 32.3 Å². The Balaban J connectivity index is 1.78. The summed E-state index contributed by atoms with van der Waals surface area (Å²) in [6.45, 7) is 3.40. The van der Waals surface area contributed by atoms with Crippen LogP contribution >= 0.6 is 0 Å². The molecule has 0 aromatic heterocycles. The van der Waals surface area contributed by atoms with E-state index in [1.807, 2.05) is 0 Å². The molecule has 0 bridgehead atoms. The van der Waals surface area contributed by atoms with Gasteiger partial charge in [-0.2, -0.15) is 0 Å². The molecule has 1 aliphatic heterocycles. The number of aliphatic hydroxyl groups excluding tert-OH is 1. The van der Waals surface area contributed by atoms with E-state index in [-0.39, 0.29) is 6.10 Å². The Morgan fingerprint density at radius 1 is 1.12 bits per heavy atom. The van der Waals surface area contributed by atoms with Crippen LogP contribution in [0.2, 0.25) is 0 Å². The van der Waals surface area contributed by atoms with Crippen molar-refractivity contribution in [3.8, 4) is 0 Å². The van der Waals surface area contributed by atoms with Crippen LogP contribution in [-0.4, -0.2) is 23.8 Å². The van der Waals surface area contributed by atoms with Crippen LogP contribution in [0.3, 0.4) is 0 Å². The van der Waals surface area contributed by atoms with Crippen LogP contribution in [0.15, 0.2) is 0 Å². The highest BCUT2D eigenvalue weighted by atomic mass is 16.3. The van der Waals surface area contributed by atoms with Gasteiger partial charge in [0.15, 0.2) is 0 Å². The molecule has 0 spiro atoms. The van der Waals surface area contributed by atoms with Gasteiger partial charge in [0.1, 0.15) is 0 Å². The fourth-order valence-corrected chi connectivity index (χ4v) is 3.44. The van der Waals surface area contributed by atoms with Crippen molar-refractivity contribution in [1.29, 1.82) is 0 Å². The van der Waals surface area contributed by atoms with E-state index >= 15 is 0 Å². The van der Waals surface area contributed by atoms with Gasteiger partial charge in [-0.15, -0.1) is 0 Å². The third kappa shape index (κ3) is 2.98. The summed E-state index contributed by atoms with van der Waals surface area (Å²) in [5, 5.41) is 13.9. The van der Waals surface area contributed by atoms with Gasteiger partial charge in [-0.05, 0) is 44.1 Å². The van der Waals surface area contributed by atoms with Crippen LogP contribution in [-0.2, 0) is 0 Å². The normalized spacial score (nSPS) is 38.2. The molecule has 94 valence electrons. The molecule has 2 N–H and O–H groups in total. The monoisotopic (exact) mass is 225 g/mol. The van der Waals surface area contributed by atoms with Crippen molar-refractivity contribution >= 4 is 0 Å². The van der Waals surface area contributed by atoms with Gasteiger partial charge in [0, 0.05) is 6.04 Å². The molecule has 2 rings (SSSR count). The summed E-state index contributed by atoms with van der Waals surface area (Å²) in [4.78, 5) is 0. The van der Waals surface area contributed by atoms with E-state index in [4.69, 9.17) is 0 Å². The van der Waals surface area contributed by atoms with Gasteiger partial charge < -0.3 is 10.4 Å². The summed E-state index contributed by atoms with van der Waals surface area (Å²) in [7, 11) is 0. The fraction of sp³-hybridized carbons (Fsp3) is 1.00. The van der Waals surface area contributed by atoms with Gasteiger partial charge in [0.25, 0.3) is 0 Å². The number of nitrogens with one attached hydrogen (secondary N) is 1. The first-order valence-electron chi connectivity index (χ1n) is 7.22. The Bertz CT molecular complexity index is 193. The third-order valence-electron chi connectivity index (χ3n) is 4.71. The summed E-state index contributed by atoms with van der Waals surface area (Å²) >= 11 is 0. The van der Waals surface area contributed by atoms with Crippen molar-refractivity contribution in [1.82, 2.24) is 5.32 Å². The second kappa shape index (κ2) is 6.02. The van der Waals surface area contributed by atoms with Gasteiger partial charge in [0.05, 0.1) is 6.10 Å². The molecule has 2 nitrogen and oxygen atoms in total. The lowest BCUT2D eigenvalue weighted by Gasteiger charge is -2.36. The largest absolute Gasteiger partial charge is 0.391 e. The number of aliphatic hydroxyl groups is 1.